The molecule has 2 aromatic carbocycles. The number of halogens is 1. The predicted octanol–water partition coefficient (Wildman–Crippen LogP) is 3.45. The molecule has 2 rings (SSSR count). The number of nitrogens with one attached hydrogen (secondary N) is 1. The second-order valence-corrected chi connectivity index (χ2v) is 8.85. The van der Waals surface area contributed by atoms with E-state index >= 15 is 0 Å². The van der Waals surface area contributed by atoms with Gasteiger partial charge in [0.1, 0.15) is 0 Å². The lowest BCUT2D eigenvalue weighted by Crippen LogP contribution is -2.39. The molecule has 140 valence electrons. The van der Waals surface area contributed by atoms with Gasteiger partial charge in [-0.05, 0) is 56.2 Å². The van der Waals surface area contributed by atoms with Crippen LogP contribution in [0, 0.1) is 13.8 Å². The lowest BCUT2D eigenvalue weighted by molar-refractivity contribution is -0.121. The van der Waals surface area contributed by atoms with E-state index < -0.39 is 10.0 Å². The van der Waals surface area contributed by atoms with Gasteiger partial charge in [-0.1, -0.05) is 35.4 Å². The number of hydrogen-bond acceptors (Lipinski definition) is 3. The molecule has 26 heavy (non-hydrogen) atoms. The summed E-state index contributed by atoms with van der Waals surface area (Å²) >= 11 is 5.79. The van der Waals surface area contributed by atoms with Gasteiger partial charge in [0.2, 0.25) is 15.9 Å². The van der Waals surface area contributed by atoms with Crippen molar-refractivity contribution in [1.29, 1.82) is 0 Å². The van der Waals surface area contributed by atoms with Crippen LogP contribution in [0.2, 0.25) is 5.02 Å². The van der Waals surface area contributed by atoms with E-state index in [0.29, 0.717) is 5.02 Å². The lowest BCUT2D eigenvalue weighted by Gasteiger charge is -2.20. The standard InChI is InChI=1S/C19H23ClN2O3S/c1-13-5-10-18(14(2)11-13)15(3)21-19(23)12-22(4)26(24,25)17-8-6-16(20)7-9-17/h5-11,15H,12H2,1-4H3,(H,21,23)/t15-/m1/s1. The topological polar surface area (TPSA) is 66.5 Å². The van der Waals surface area contributed by atoms with E-state index in [1.807, 2.05) is 32.9 Å². The summed E-state index contributed by atoms with van der Waals surface area (Å²) in [6, 6.07) is 11.7. The van der Waals surface area contributed by atoms with Crippen LogP contribution in [0.25, 0.3) is 0 Å². The maximum atomic E-state index is 12.5. The van der Waals surface area contributed by atoms with Crippen LogP contribution in [0.4, 0.5) is 0 Å². The molecule has 1 atom stereocenters. The van der Waals surface area contributed by atoms with Crippen molar-refractivity contribution < 1.29 is 13.2 Å². The molecule has 0 bridgehead atoms. The Kier molecular flexibility index (Phi) is 6.44. The summed E-state index contributed by atoms with van der Waals surface area (Å²) in [6.07, 6.45) is 0. The van der Waals surface area contributed by atoms with Gasteiger partial charge in [0.05, 0.1) is 17.5 Å². The van der Waals surface area contributed by atoms with Gasteiger partial charge in [-0.3, -0.25) is 4.79 Å². The van der Waals surface area contributed by atoms with Gasteiger partial charge in [0.25, 0.3) is 0 Å². The van der Waals surface area contributed by atoms with Crippen molar-refractivity contribution in [2.45, 2.75) is 31.7 Å². The second kappa shape index (κ2) is 8.20. The number of carbonyl (C=O) groups is 1. The highest BCUT2D eigenvalue weighted by molar-refractivity contribution is 7.89. The van der Waals surface area contributed by atoms with Crippen LogP contribution in [-0.2, 0) is 14.8 Å². The van der Waals surface area contributed by atoms with Gasteiger partial charge in [-0.25, -0.2) is 8.42 Å². The Morgan fingerprint density at radius 1 is 1.15 bits per heavy atom. The first kappa shape index (κ1) is 20.4. The summed E-state index contributed by atoms with van der Waals surface area (Å²) in [5, 5.41) is 3.30. The fourth-order valence-corrected chi connectivity index (χ4v) is 4.00. The van der Waals surface area contributed by atoms with E-state index in [1.54, 1.807) is 0 Å². The average Bonchev–Trinajstić information content (AvgIpc) is 2.54. The minimum Gasteiger partial charge on any atom is -0.348 e. The summed E-state index contributed by atoms with van der Waals surface area (Å²) < 4.78 is 26.1. The summed E-state index contributed by atoms with van der Waals surface area (Å²) in [5.74, 6) is -0.363. The first-order valence-electron chi connectivity index (χ1n) is 8.19. The average molecular weight is 395 g/mol. The molecule has 0 spiro atoms. The van der Waals surface area contributed by atoms with Gasteiger partial charge in [0, 0.05) is 12.1 Å². The van der Waals surface area contributed by atoms with Crippen molar-refractivity contribution in [3.8, 4) is 0 Å². The second-order valence-electron chi connectivity index (χ2n) is 6.36. The molecule has 0 aliphatic carbocycles. The van der Waals surface area contributed by atoms with Crippen LogP contribution < -0.4 is 5.32 Å². The van der Waals surface area contributed by atoms with Crippen LogP contribution in [0.5, 0.6) is 0 Å². The number of aryl methyl sites for hydroxylation is 2. The highest BCUT2D eigenvalue weighted by Gasteiger charge is 2.23. The zero-order chi connectivity index (χ0) is 19.5. The van der Waals surface area contributed by atoms with Gasteiger partial charge in [-0.15, -0.1) is 0 Å². The van der Waals surface area contributed by atoms with Crippen molar-refractivity contribution in [3.63, 3.8) is 0 Å². The molecule has 2 aromatic rings. The molecular weight excluding hydrogens is 372 g/mol. The van der Waals surface area contributed by atoms with Gasteiger partial charge in [-0.2, -0.15) is 4.31 Å². The zero-order valence-electron chi connectivity index (χ0n) is 15.3. The summed E-state index contributed by atoms with van der Waals surface area (Å²) in [6.45, 7) is 5.61. The van der Waals surface area contributed by atoms with Crippen molar-refractivity contribution in [2.75, 3.05) is 13.6 Å². The Hall–Kier alpha value is -1.89. The largest absolute Gasteiger partial charge is 0.348 e. The third-order valence-electron chi connectivity index (χ3n) is 4.16. The fourth-order valence-electron chi connectivity index (χ4n) is 2.75. The van der Waals surface area contributed by atoms with E-state index in [-0.39, 0.29) is 23.4 Å². The van der Waals surface area contributed by atoms with Crippen LogP contribution in [0.15, 0.2) is 47.4 Å². The number of rotatable bonds is 6. The van der Waals surface area contributed by atoms with Crippen molar-refractivity contribution in [3.05, 3.63) is 64.2 Å². The lowest BCUT2D eigenvalue weighted by atomic mass is 10.0. The van der Waals surface area contributed by atoms with Crippen molar-refractivity contribution in [2.24, 2.45) is 0 Å². The number of hydrogen-bond donors (Lipinski definition) is 1. The summed E-state index contributed by atoms with van der Waals surface area (Å²) in [7, 11) is -2.37. The molecule has 0 unspecified atom stereocenters. The highest BCUT2D eigenvalue weighted by Crippen LogP contribution is 2.19. The minimum absolute atomic E-state index is 0.0969. The van der Waals surface area contributed by atoms with Crippen molar-refractivity contribution in [1.82, 2.24) is 9.62 Å². The molecule has 0 fully saturated rings. The monoisotopic (exact) mass is 394 g/mol. The smallest absolute Gasteiger partial charge is 0.243 e. The molecule has 0 aromatic heterocycles. The normalized spacial score (nSPS) is 12.8. The first-order chi connectivity index (χ1) is 12.1. The van der Waals surface area contributed by atoms with E-state index in [9.17, 15) is 13.2 Å². The maximum absolute atomic E-state index is 12.5. The Morgan fingerprint density at radius 3 is 2.35 bits per heavy atom. The summed E-state index contributed by atoms with van der Waals surface area (Å²) in [5.41, 5.74) is 3.24. The third-order valence-corrected chi connectivity index (χ3v) is 6.23. The number of carbonyl (C=O) groups excluding carboxylic acids is 1. The molecule has 0 aliphatic heterocycles. The Labute approximate surface area is 160 Å². The Bertz CT molecular complexity index is 896. The molecule has 1 N–H and O–H groups in total. The quantitative estimate of drug-likeness (QED) is 0.815. The van der Waals surface area contributed by atoms with E-state index in [2.05, 4.69) is 11.4 Å². The van der Waals surface area contributed by atoms with Crippen LogP contribution in [0.3, 0.4) is 0 Å². The van der Waals surface area contributed by atoms with E-state index in [4.69, 9.17) is 11.6 Å². The highest BCUT2D eigenvalue weighted by atomic mass is 35.5. The van der Waals surface area contributed by atoms with Crippen LogP contribution in [0.1, 0.15) is 29.7 Å². The van der Waals surface area contributed by atoms with Crippen LogP contribution >= 0.6 is 11.6 Å². The van der Waals surface area contributed by atoms with E-state index in [0.717, 1.165) is 21.0 Å². The van der Waals surface area contributed by atoms with Crippen molar-refractivity contribution >= 4 is 27.5 Å². The first-order valence-corrected chi connectivity index (χ1v) is 10.0. The van der Waals surface area contributed by atoms with E-state index in [1.165, 1.54) is 31.3 Å². The SMILES string of the molecule is Cc1ccc([C@@H](C)NC(=O)CN(C)S(=O)(=O)c2ccc(Cl)cc2)c(C)c1. The molecule has 0 radical (unpaired) electrons. The molecule has 0 heterocycles. The predicted molar refractivity (Wildman–Crippen MR) is 104 cm³/mol. The number of benzene rings is 2. The Balaban J connectivity index is 2.05. The van der Waals surface area contributed by atoms with Gasteiger partial charge < -0.3 is 5.32 Å². The molecule has 5 nitrogen and oxygen atoms in total. The number of likely N-dealkylation sites (N-methyl/N-ethyl adjacent to an activating group) is 1. The fraction of sp³-hybridized carbons (Fsp3) is 0.316. The molecule has 1 amide bonds. The molecule has 0 aliphatic rings. The summed E-state index contributed by atoms with van der Waals surface area (Å²) in [4.78, 5) is 12.4. The molecular formula is C19H23ClN2O3S. The zero-order valence-corrected chi connectivity index (χ0v) is 16.9. The van der Waals surface area contributed by atoms with Gasteiger partial charge in [0.15, 0.2) is 0 Å². The van der Waals surface area contributed by atoms with Gasteiger partial charge >= 0.3 is 0 Å². The number of sulfonamides is 1. The maximum Gasteiger partial charge on any atom is 0.243 e. The minimum atomic E-state index is -3.75. The Morgan fingerprint density at radius 2 is 1.77 bits per heavy atom. The number of nitrogens with zero attached hydrogens (tertiary/aromatic N) is 1. The molecule has 0 saturated carbocycles. The molecule has 0 saturated heterocycles. The molecule has 7 heteroatoms. The van der Waals surface area contributed by atoms with Crippen LogP contribution in [-0.4, -0.2) is 32.2 Å². The third kappa shape index (κ3) is 4.84. The number of amides is 1.